The highest BCUT2D eigenvalue weighted by molar-refractivity contribution is 5.81. The zero-order valence-electron chi connectivity index (χ0n) is 21.0. The summed E-state index contributed by atoms with van der Waals surface area (Å²) in [5.74, 6) is 1.11. The molecular weight excluding hydrogens is 424 g/mol. The molecule has 1 heterocycles. The number of carbonyl (C=O) groups excluding carboxylic acids is 2. The van der Waals surface area contributed by atoms with Crippen molar-refractivity contribution in [1.29, 1.82) is 0 Å². The van der Waals surface area contributed by atoms with Crippen LogP contribution in [0.25, 0.3) is 0 Å². The fourth-order valence-electron chi connectivity index (χ4n) is 5.29. The van der Waals surface area contributed by atoms with Crippen molar-refractivity contribution in [2.75, 3.05) is 20.1 Å². The third kappa shape index (κ3) is 4.98. The maximum absolute atomic E-state index is 13.6. The number of ether oxygens (including phenoxy) is 1. The van der Waals surface area contributed by atoms with Gasteiger partial charge in [-0.3, -0.25) is 9.59 Å². The van der Waals surface area contributed by atoms with E-state index in [0.29, 0.717) is 18.7 Å². The summed E-state index contributed by atoms with van der Waals surface area (Å²) in [6.07, 6.45) is 5.22. The normalized spacial score (nSPS) is 18.9. The van der Waals surface area contributed by atoms with Gasteiger partial charge in [0.25, 0.3) is 5.91 Å². The number of nitrogens with zero attached hydrogens (tertiary/aromatic N) is 2. The molecule has 0 aromatic heterocycles. The summed E-state index contributed by atoms with van der Waals surface area (Å²) in [6, 6.07) is 14.6. The Hall–Kier alpha value is -2.82. The van der Waals surface area contributed by atoms with Crippen LogP contribution in [-0.2, 0) is 16.0 Å². The van der Waals surface area contributed by atoms with Gasteiger partial charge in [0.2, 0.25) is 5.91 Å². The molecule has 5 nitrogen and oxygen atoms in total. The first kappa shape index (κ1) is 24.3. The number of carbonyl (C=O) groups is 2. The molecule has 2 atom stereocenters. The van der Waals surface area contributed by atoms with Gasteiger partial charge in [0.1, 0.15) is 5.75 Å². The van der Waals surface area contributed by atoms with E-state index in [0.717, 1.165) is 49.8 Å². The van der Waals surface area contributed by atoms with Crippen molar-refractivity contribution in [3.8, 4) is 5.75 Å². The summed E-state index contributed by atoms with van der Waals surface area (Å²) in [6.45, 7) is 7.41. The van der Waals surface area contributed by atoms with Crippen LogP contribution in [0.3, 0.4) is 0 Å². The monoisotopic (exact) mass is 462 g/mol. The van der Waals surface area contributed by atoms with E-state index in [9.17, 15) is 9.59 Å². The lowest BCUT2D eigenvalue weighted by Crippen LogP contribution is -2.43. The number of likely N-dealkylation sites (N-methyl/N-ethyl adjacent to an activating group) is 1. The van der Waals surface area contributed by atoms with Gasteiger partial charge in [0.15, 0.2) is 6.10 Å². The number of aryl methyl sites for hydroxylation is 1. The molecule has 5 heteroatoms. The number of amides is 2. The van der Waals surface area contributed by atoms with E-state index in [1.165, 1.54) is 11.1 Å². The highest BCUT2D eigenvalue weighted by atomic mass is 16.5. The topological polar surface area (TPSA) is 49.9 Å². The Morgan fingerprint density at radius 2 is 1.79 bits per heavy atom. The maximum Gasteiger partial charge on any atom is 0.263 e. The number of rotatable bonds is 7. The molecule has 34 heavy (non-hydrogen) atoms. The van der Waals surface area contributed by atoms with Gasteiger partial charge in [-0.1, -0.05) is 55.7 Å². The van der Waals surface area contributed by atoms with Crippen LogP contribution >= 0.6 is 0 Å². The van der Waals surface area contributed by atoms with Crippen LogP contribution in [0.5, 0.6) is 5.75 Å². The molecule has 1 aliphatic heterocycles. The minimum Gasteiger partial charge on any atom is -0.481 e. The maximum atomic E-state index is 13.6. The molecular formula is C29H38N2O3. The summed E-state index contributed by atoms with van der Waals surface area (Å²) >= 11 is 0. The van der Waals surface area contributed by atoms with Crippen molar-refractivity contribution in [1.82, 2.24) is 9.80 Å². The fraction of sp³-hybridized carbons (Fsp3) is 0.517. The van der Waals surface area contributed by atoms with E-state index in [2.05, 4.69) is 48.2 Å². The van der Waals surface area contributed by atoms with Crippen molar-refractivity contribution in [2.24, 2.45) is 5.92 Å². The van der Waals surface area contributed by atoms with Gasteiger partial charge >= 0.3 is 0 Å². The molecule has 0 bridgehead atoms. The minimum atomic E-state index is -0.513. The van der Waals surface area contributed by atoms with Gasteiger partial charge in [-0.2, -0.15) is 0 Å². The van der Waals surface area contributed by atoms with Gasteiger partial charge in [-0.05, 0) is 68.4 Å². The Bertz CT molecular complexity index is 1010. The van der Waals surface area contributed by atoms with Gasteiger partial charge < -0.3 is 14.5 Å². The summed E-state index contributed by atoms with van der Waals surface area (Å²) in [7, 11) is 1.81. The van der Waals surface area contributed by atoms with E-state index >= 15 is 0 Å². The molecule has 1 aliphatic carbocycles. The Kier molecular flexibility index (Phi) is 7.60. The Morgan fingerprint density at radius 3 is 2.44 bits per heavy atom. The largest absolute Gasteiger partial charge is 0.481 e. The second-order valence-corrected chi connectivity index (χ2v) is 9.80. The third-order valence-corrected chi connectivity index (χ3v) is 7.50. The molecule has 2 aromatic rings. The minimum absolute atomic E-state index is 0.00385. The number of hydrogen-bond donors (Lipinski definition) is 0. The first-order valence-electron chi connectivity index (χ1n) is 12.8. The zero-order chi connectivity index (χ0) is 24.2. The van der Waals surface area contributed by atoms with Crippen molar-refractivity contribution < 1.29 is 14.3 Å². The van der Waals surface area contributed by atoms with E-state index < -0.39 is 6.10 Å². The van der Waals surface area contributed by atoms with Crippen molar-refractivity contribution >= 4 is 11.8 Å². The van der Waals surface area contributed by atoms with Crippen LogP contribution in [0.15, 0.2) is 42.5 Å². The number of fused-ring (bicyclic) bond motifs is 1. The Morgan fingerprint density at radius 1 is 1.09 bits per heavy atom. The quantitative estimate of drug-likeness (QED) is 0.561. The molecule has 2 amide bonds. The molecule has 0 unspecified atom stereocenters. The van der Waals surface area contributed by atoms with E-state index in [-0.39, 0.29) is 23.8 Å². The summed E-state index contributed by atoms with van der Waals surface area (Å²) in [4.78, 5) is 30.2. The van der Waals surface area contributed by atoms with Gasteiger partial charge in [-0.25, -0.2) is 0 Å². The van der Waals surface area contributed by atoms with Crippen LogP contribution in [-0.4, -0.2) is 47.9 Å². The first-order chi connectivity index (χ1) is 16.4. The Labute approximate surface area is 204 Å². The molecule has 2 aromatic carbocycles. The molecule has 0 radical (unpaired) electrons. The fourth-order valence-corrected chi connectivity index (χ4v) is 5.29. The lowest BCUT2D eigenvalue weighted by molar-refractivity contribution is -0.137. The van der Waals surface area contributed by atoms with Crippen molar-refractivity contribution in [2.45, 2.75) is 71.4 Å². The van der Waals surface area contributed by atoms with E-state index in [4.69, 9.17) is 4.74 Å². The van der Waals surface area contributed by atoms with Gasteiger partial charge in [0.05, 0.1) is 6.04 Å². The lowest BCUT2D eigenvalue weighted by atomic mass is 9.86. The van der Waals surface area contributed by atoms with Crippen LogP contribution in [0.2, 0.25) is 0 Å². The Balaban J connectivity index is 1.69. The predicted octanol–water partition coefficient (Wildman–Crippen LogP) is 5.30. The summed E-state index contributed by atoms with van der Waals surface area (Å²) < 4.78 is 6.22. The second kappa shape index (κ2) is 10.6. The summed E-state index contributed by atoms with van der Waals surface area (Å²) in [5.41, 5.74) is 4.70. The molecule has 182 valence electrons. The first-order valence-corrected chi connectivity index (χ1v) is 12.8. The average molecular weight is 463 g/mol. The molecule has 1 saturated carbocycles. The highest BCUT2D eigenvalue weighted by Crippen LogP contribution is 2.40. The lowest BCUT2D eigenvalue weighted by Gasteiger charge is -2.39. The molecule has 0 N–H and O–H groups in total. The predicted molar refractivity (Wildman–Crippen MR) is 135 cm³/mol. The van der Waals surface area contributed by atoms with Gasteiger partial charge in [-0.15, -0.1) is 0 Å². The standard InChI is InChI=1S/C29H38N2O3/c1-5-26(29(33)30(4)6-2)34-24-16-15-21-17-18-31(28(32)23-9-7-8-10-23)27(25(21)19-24)22-13-11-20(3)12-14-22/h11-16,19,23,26-27H,5-10,17-18H2,1-4H3/t26-,27+/m1/s1. The SMILES string of the molecule is CC[C@@H](Oc1ccc2c(c1)[C@H](c1ccc(C)cc1)N(C(=O)C1CCCC1)CC2)C(=O)N(C)CC. The number of benzene rings is 2. The van der Waals surface area contributed by atoms with Crippen LogP contribution < -0.4 is 4.74 Å². The molecule has 4 rings (SSSR count). The van der Waals surface area contributed by atoms with Crippen LogP contribution in [0.1, 0.15) is 74.2 Å². The number of hydrogen-bond acceptors (Lipinski definition) is 3. The van der Waals surface area contributed by atoms with Crippen LogP contribution in [0, 0.1) is 12.8 Å². The third-order valence-electron chi connectivity index (χ3n) is 7.50. The van der Waals surface area contributed by atoms with E-state index in [1.54, 1.807) is 11.9 Å². The smallest absolute Gasteiger partial charge is 0.263 e. The molecule has 0 spiro atoms. The average Bonchev–Trinajstić information content (AvgIpc) is 3.41. The molecule has 1 fully saturated rings. The molecule has 0 saturated heterocycles. The second-order valence-electron chi connectivity index (χ2n) is 9.80. The van der Waals surface area contributed by atoms with Crippen LogP contribution in [0.4, 0.5) is 0 Å². The van der Waals surface area contributed by atoms with Crippen molar-refractivity contribution in [3.05, 3.63) is 64.7 Å². The summed E-state index contributed by atoms with van der Waals surface area (Å²) in [5, 5.41) is 0. The van der Waals surface area contributed by atoms with E-state index in [1.807, 2.05) is 19.9 Å². The van der Waals surface area contributed by atoms with Crippen molar-refractivity contribution in [3.63, 3.8) is 0 Å². The van der Waals surface area contributed by atoms with Gasteiger partial charge in [0, 0.05) is 26.1 Å². The zero-order valence-corrected chi connectivity index (χ0v) is 21.0. The molecule has 2 aliphatic rings. The highest BCUT2D eigenvalue weighted by Gasteiger charge is 2.36.